The first-order chi connectivity index (χ1) is 9.83. The summed E-state index contributed by atoms with van der Waals surface area (Å²) < 4.78 is 0. The van der Waals surface area contributed by atoms with E-state index >= 15 is 0 Å². The number of amides is 1. The van der Waals surface area contributed by atoms with Gasteiger partial charge in [-0.2, -0.15) is 0 Å². The summed E-state index contributed by atoms with van der Waals surface area (Å²) in [5.41, 5.74) is 1.26. The van der Waals surface area contributed by atoms with Crippen LogP contribution in [0.1, 0.15) is 19.3 Å². The first-order valence-electron chi connectivity index (χ1n) is 7.64. The van der Waals surface area contributed by atoms with Crippen molar-refractivity contribution in [3.63, 3.8) is 0 Å². The Morgan fingerprint density at radius 2 is 1.77 bits per heavy atom. The molecule has 0 aliphatic carbocycles. The minimum atomic E-state index is 0. The number of rotatable bonds is 3. The molecule has 1 unspecified atom stereocenters. The Morgan fingerprint density at radius 3 is 2.36 bits per heavy atom. The van der Waals surface area contributed by atoms with E-state index in [1.54, 1.807) is 0 Å². The fraction of sp³-hybridized carbons (Fsp3) is 0.562. The maximum Gasteiger partial charge on any atom is 0.224 e. The van der Waals surface area contributed by atoms with Crippen LogP contribution in [0, 0.1) is 0 Å². The maximum atomic E-state index is 12.3. The first kappa shape index (κ1) is 19.1. The summed E-state index contributed by atoms with van der Waals surface area (Å²) >= 11 is 0. The molecule has 1 amide bonds. The van der Waals surface area contributed by atoms with Gasteiger partial charge in [0.2, 0.25) is 5.91 Å². The molecule has 2 fully saturated rings. The van der Waals surface area contributed by atoms with Crippen LogP contribution in [0.25, 0.3) is 0 Å². The van der Waals surface area contributed by atoms with Gasteiger partial charge in [-0.05, 0) is 31.5 Å². The normalized spacial score (nSPS) is 21.0. The first-order valence-corrected chi connectivity index (χ1v) is 7.64. The lowest BCUT2D eigenvalue weighted by Gasteiger charge is -2.36. The average molecular weight is 346 g/mol. The minimum Gasteiger partial charge on any atom is -0.368 e. The van der Waals surface area contributed by atoms with Gasteiger partial charge >= 0.3 is 0 Å². The Kier molecular flexibility index (Phi) is 8.01. The topological polar surface area (TPSA) is 35.6 Å². The molecule has 0 bridgehead atoms. The highest BCUT2D eigenvalue weighted by Gasteiger charge is 2.24. The summed E-state index contributed by atoms with van der Waals surface area (Å²) in [5, 5.41) is 3.40. The van der Waals surface area contributed by atoms with Gasteiger partial charge in [0.25, 0.3) is 0 Å². The van der Waals surface area contributed by atoms with Crippen molar-refractivity contribution in [1.29, 1.82) is 0 Å². The van der Waals surface area contributed by atoms with Gasteiger partial charge in [0.05, 0.1) is 0 Å². The molecule has 1 aromatic rings. The van der Waals surface area contributed by atoms with E-state index in [2.05, 4.69) is 34.5 Å². The molecule has 0 radical (unpaired) electrons. The molecule has 2 aliphatic heterocycles. The monoisotopic (exact) mass is 345 g/mol. The Balaban J connectivity index is 0.00000121. The van der Waals surface area contributed by atoms with Gasteiger partial charge in [-0.25, -0.2) is 0 Å². The highest BCUT2D eigenvalue weighted by atomic mass is 35.5. The molecular formula is C16H25Cl2N3O. The quantitative estimate of drug-likeness (QED) is 0.913. The van der Waals surface area contributed by atoms with E-state index in [1.807, 2.05) is 11.0 Å². The van der Waals surface area contributed by atoms with Crippen molar-refractivity contribution in [3.8, 4) is 0 Å². The van der Waals surface area contributed by atoms with Crippen molar-refractivity contribution >= 4 is 36.4 Å². The molecule has 6 heteroatoms. The Labute approximate surface area is 145 Å². The van der Waals surface area contributed by atoms with E-state index in [1.165, 1.54) is 12.1 Å². The van der Waals surface area contributed by atoms with Crippen LogP contribution in [-0.4, -0.2) is 49.6 Å². The van der Waals surface area contributed by atoms with E-state index in [-0.39, 0.29) is 24.8 Å². The zero-order valence-corrected chi connectivity index (χ0v) is 14.4. The lowest BCUT2D eigenvalue weighted by Crippen LogP contribution is -2.49. The molecule has 2 aliphatic rings. The third-order valence-corrected chi connectivity index (χ3v) is 4.34. The van der Waals surface area contributed by atoms with Crippen LogP contribution in [0.15, 0.2) is 30.3 Å². The molecule has 3 rings (SSSR count). The van der Waals surface area contributed by atoms with Crippen LogP contribution >= 0.6 is 24.8 Å². The molecule has 0 saturated carbocycles. The molecule has 22 heavy (non-hydrogen) atoms. The predicted molar refractivity (Wildman–Crippen MR) is 95.4 cm³/mol. The molecule has 0 aromatic heterocycles. The standard InChI is InChI=1S/C16H23N3O.2ClH/c20-16(13-14-5-4-8-17-14)19-11-9-18(10-12-19)15-6-2-1-3-7-15;;/h1-3,6-7,14,17H,4-5,8-13H2;2*1H. The van der Waals surface area contributed by atoms with E-state index < -0.39 is 0 Å². The largest absolute Gasteiger partial charge is 0.368 e. The molecule has 1 aromatic carbocycles. The molecule has 0 spiro atoms. The molecule has 2 saturated heterocycles. The van der Waals surface area contributed by atoms with Crippen LogP contribution < -0.4 is 10.2 Å². The number of hydrogen-bond donors (Lipinski definition) is 1. The molecule has 1 N–H and O–H groups in total. The van der Waals surface area contributed by atoms with Gasteiger partial charge in [0.15, 0.2) is 0 Å². The van der Waals surface area contributed by atoms with Gasteiger partial charge in [-0.1, -0.05) is 18.2 Å². The number of para-hydroxylation sites is 1. The van der Waals surface area contributed by atoms with Crippen LogP contribution in [0.5, 0.6) is 0 Å². The summed E-state index contributed by atoms with van der Waals surface area (Å²) in [4.78, 5) is 16.7. The van der Waals surface area contributed by atoms with Crippen LogP contribution in [0.2, 0.25) is 0 Å². The fourth-order valence-corrected chi connectivity index (χ4v) is 3.12. The summed E-state index contributed by atoms with van der Waals surface area (Å²) in [7, 11) is 0. The second-order valence-corrected chi connectivity index (χ2v) is 5.70. The zero-order valence-electron chi connectivity index (χ0n) is 12.7. The van der Waals surface area contributed by atoms with Gasteiger partial charge in [-0.15, -0.1) is 24.8 Å². The number of carbonyl (C=O) groups is 1. The highest BCUT2D eigenvalue weighted by molar-refractivity contribution is 5.85. The SMILES string of the molecule is Cl.Cl.O=C(CC1CCCN1)N1CCN(c2ccccc2)CC1. The Morgan fingerprint density at radius 1 is 1.09 bits per heavy atom. The number of carbonyl (C=O) groups excluding carboxylic acids is 1. The second-order valence-electron chi connectivity index (χ2n) is 5.70. The van der Waals surface area contributed by atoms with Crippen molar-refractivity contribution in [1.82, 2.24) is 10.2 Å². The van der Waals surface area contributed by atoms with E-state index in [4.69, 9.17) is 0 Å². The number of nitrogens with one attached hydrogen (secondary N) is 1. The lowest BCUT2D eigenvalue weighted by atomic mass is 10.1. The number of anilines is 1. The summed E-state index contributed by atoms with van der Waals surface area (Å²) in [5.74, 6) is 0.317. The Hall–Kier alpha value is -0.970. The second kappa shape index (κ2) is 9.23. The predicted octanol–water partition coefficient (Wildman–Crippen LogP) is 2.32. The lowest BCUT2D eigenvalue weighted by molar-refractivity contribution is -0.131. The summed E-state index contributed by atoms with van der Waals surface area (Å²) in [6.07, 6.45) is 3.03. The maximum absolute atomic E-state index is 12.3. The highest BCUT2D eigenvalue weighted by Crippen LogP contribution is 2.17. The van der Waals surface area contributed by atoms with Crippen LogP contribution in [0.3, 0.4) is 0 Å². The average Bonchev–Trinajstić information content (AvgIpc) is 3.01. The third-order valence-electron chi connectivity index (χ3n) is 4.34. The third kappa shape index (κ3) is 4.77. The van der Waals surface area contributed by atoms with Gasteiger partial charge < -0.3 is 15.1 Å². The number of halogens is 2. The van der Waals surface area contributed by atoms with Crippen molar-refractivity contribution < 1.29 is 4.79 Å². The van der Waals surface area contributed by atoms with E-state index in [9.17, 15) is 4.79 Å². The van der Waals surface area contributed by atoms with Gasteiger partial charge in [0, 0.05) is 44.3 Å². The smallest absolute Gasteiger partial charge is 0.224 e. The van der Waals surface area contributed by atoms with Crippen molar-refractivity contribution in [2.24, 2.45) is 0 Å². The molecule has 124 valence electrons. The molecule has 4 nitrogen and oxygen atoms in total. The summed E-state index contributed by atoms with van der Waals surface area (Å²) in [6.45, 7) is 4.64. The van der Waals surface area contributed by atoms with Crippen molar-refractivity contribution in [3.05, 3.63) is 30.3 Å². The van der Waals surface area contributed by atoms with Crippen LogP contribution in [0.4, 0.5) is 5.69 Å². The number of hydrogen-bond acceptors (Lipinski definition) is 3. The van der Waals surface area contributed by atoms with Crippen molar-refractivity contribution in [2.75, 3.05) is 37.6 Å². The molecule has 2 heterocycles. The fourth-order valence-electron chi connectivity index (χ4n) is 3.12. The number of piperazine rings is 1. The van der Waals surface area contributed by atoms with E-state index in [0.29, 0.717) is 18.4 Å². The van der Waals surface area contributed by atoms with Crippen molar-refractivity contribution in [2.45, 2.75) is 25.3 Å². The molecular weight excluding hydrogens is 321 g/mol. The Bertz CT molecular complexity index is 444. The minimum absolute atomic E-state index is 0. The van der Waals surface area contributed by atoms with Gasteiger partial charge in [0.1, 0.15) is 0 Å². The van der Waals surface area contributed by atoms with Gasteiger partial charge in [-0.3, -0.25) is 4.79 Å². The van der Waals surface area contributed by atoms with Crippen LogP contribution in [-0.2, 0) is 4.79 Å². The van der Waals surface area contributed by atoms with E-state index in [0.717, 1.165) is 39.1 Å². The zero-order chi connectivity index (χ0) is 13.8. The summed E-state index contributed by atoms with van der Waals surface area (Å²) in [6, 6.07) is 10.9. The number of nitrogens with zero attached hydrogens (tertiary/aromatic N) is 2. The number of benzene rings is 1. The molecule has 1 atom stereocenters.